The first-order valence-corrected chi connectivity index (χ1v) is 7.76. The Hall–Kier alpha value is -1.27. The standard InChI is InChI=1S/C13H20N2O3S/c1-3-5-11(14-4-2)10-19(18)13-8-6-12(7-9-13)15(16)17/h6-9,11,14H,3-5,10H2,1-2H3. The Kier molecular flexibility index (Phi) is 6.66. The predicted molar refractivity (Wildman–Crippen MR) is 76.7 cm³/mol. The topological polar surface area (TPSA) is 72.2 Å². The van der Waals surface area contributed by atoms with Gasteiger partial charge >= 0.3 is 0 Å². The van der Waals surface area contributed by atoms with Gasteiger partial charge in [-0.25, -0.2) is 0 Å². The fourth-order valence-electron chi connectivity index (χ4n) is 1.88. The quantitative estimate of drug-likeness (QED) is 0.588. The van der Waals surface area contributed by atoms with E-state index in [4.69, 9.17) is 0 Å². The summed E-state index contributed by atoms with van der Waals surface area (Å²) in [5.41, 5.74) is 0.0255. The number of nitrogens with zero attached hydrogens (tertiary/aromatic N) is 1. The number of benzene rings is 1. The van der Waals surface area contributed by atoms with Gasteiger partial charge in [0.1, 0.15) is 0 Å². The van der Waals surface area contributed by atoms with Crippen molar-refractivity contribution in [2.75, 3.05) is 12.3 Å². The monoisotopic (exact) mass is 284 g/mol. The summed E-state index contributed by atoms with van der Waals surface area (Å²) in [4.78, 5) is 10.7. The number of hydrogen-bond donors (Lipinski definition) is 1. The minimum absolute atomic E-state index is 0.0255. The largest absolute Gasteiger partial charge is 0.313 e. The van der Waals surface area contributed by atoms with Crippen LogP contribution in [0, 0.1) is 10.1 Å². The molecular weight excluding hydrogens is 264 g/mol. The second-order valence-corrected chi connectivity index (χ2v) is 5.80. The first-order valence-electron chi connectivity index (χ1n) is 6.44. The zero-order valence-corrected chi connectivity index (χ0v) is 12.1. The Balaban J connectivity index is 2.68. The van der Waals surface area contributed by atoms with Gasteiger partial charge < -0.3 is 5.32 Å². The van der Waals surface area contributed by atoms with E-state index in [0.29, 0.717) is 10.6 Å². The molecular formula is C13H20N2O3S. The first kappa shape index (κ1) is 15.8. The van der Waals surface area contributed by atoms with Crippen molar-refractivity contribution in [3.05, 3.63) is 34.4 Å². The lowest BCUT2D eigenvalue weighted by Gasteiger charge is -2.16. The van der Waals surface area contributed by atoms with Gasteiger partial charge in [-0.1, -0.05) is 20.3 Å². The van der Waals surface area contributed by atoms with E-state index in [1.807, 2.05) is 6.92 Å². The van der Waals surface area contributed by atoms with Gasteiger partial charge in [0.2, 0.25) is 0 Å². The van der Waals surface area contributed by atoms with Crippen molar-refractivity contribution in [3.63, 3.8) is 0 Å². The van der Waals surface area contributed by atoms with Crippen LogP contribution in [0.4, 0.5) is 5.69 Å². The van der Waals surface area contributed by atoms with Crippen molar-refractivity contribution < 1.29 is 9.13 Å². The Bertz CT molecular complexity index is 428. The number of non-ortho nitro benzene ring substituents is 1. The molecule has 0 fully saturated rings. The van der Waals surface area contributed by atoms with Gasteiger partial charge in [0, 0.05) is 28.8 Å². The van der Waals surface area contributed by atoms with E-state index in [0.717, 1.165) is 19.4 Å². The van der Waals surface area contributed by atoms with Crippen LogP contribution in [0.1, 0.15) is 26.7 Å². The van der Waals surface area contributed by atoms with Gasteiger partial charge in [-0.15, -0.1) is 0 Å². The molecule has 2 unspecified atom stereocenters. The van der Waals surface area contributed by atoms with Crippen molar-refractivity contribution in [2.45, 2.75) is 37.6 Å². The maximum Gasteiger partial charge on any atom is 0.269 e. The minimum Gasteiger partial charge on any atom is -0.313 e. The number of nitro benzene ring substituents is 1. The average Bonchev–Trinajstić information content (AvgIpc) is 2.39. The molecule has 0 radical (unpaired) electrons. The first-order chi connectivity index (χ1) is 9.08. The van der Waals surface area contributed by atoms with Crippen LogP contribution in [0.3, 0.4) is 0 Å². The van der Waals surface area contributed by atoms with Gasteiger partial charge in [0.15, 0.2) is 0 Å². The molecule has 0 bridgehead atoms. The van der Waals surface area contributed by atoms with Crippen LogP contribution in [-0.2, 0) is 10.8 Å². The van der Waals surface area contributed by atoms with E-state index in [1.165, 1.54) is 12.1 Å². The van der Waals surface area contributed by atoms with Gasteiger partial charge in [-0.3, -0.25) is 14.3 Å². The summed E-state index contributed by atoms with van der Waals surface area (Å²) in [6, 6.07) is 6.17. The van der Waals surface area contributed by atoms with E-state index < -0.39 is 15.7 Å². The molecule has 0 aliphatic carbocycles. The number of nitro groups is 1. The lowest BCUT2D eigenvalue weighted by molar-refractivity contribution is -0.384. The molecule has 106 valence electrons. The highest BCUT2D eigenvalue weighted by atomic mass is 32.2. The van der Waals surface area contributed by atoms with Gasteiger partial charge in [-0.2, -0.15) is 0 Å². The Labute approximate surface area is 116 Å². The molecule has 0 saturated heterocycles. The molecule has 1 aromatic carbocycles. The molecule has 0 saturated carbocycles. The molecule has 1 aromatic rings. The van der Waals surface area contributed by atoms with Crippen LogP contribution < -0.4 is 5.32 Å². The molecule has 6 heteroatoms. The van der Waals surface area contributed by atoms with E-state index >= 15 is 0 Å². The lowest BCUT2D eigenvalue weighted by Crippen LogP contribution is -2.33. The summed E-state index contributed by atoms with van der Waals surface area (Å²) in [5.74, 6) is 0.541. The third kappa shape index (κ3) is 5.08. The molecule has 5 nitrogen and oxygen atoms in total. The summed E-state index contributed by atoms with van der Waals surface area (Å²) < 4.78 is 12.2. The number of hydrogen-bond acceptors (Lipinski definition) is 4. The summed E-state index contributed by atoms with van der Waals surface area (Å²) in [7, 11) is -1.12. The maximum atomic E-state index is 12.2. The van der Waals surface area contributed by atoms with Gasteiger partial charge in [-0.05, 0) is 25.1 Å². The van der Waals surface area contributed by atoms with Crippen molar-refractivity contribution in [1.29, 1.82) is 0 Å². The van der Waals surface area contributed by atoms with Crippen LogP contribution in [0.25, 0.3) is 0 Å². The molecule has 1 N–H and O–H groups in total. The van der Waals surface area contributed by atoms with Gasteiger partial charge in [0.05, 0.1) is 15.7 Å². The third-order valence-corrected chi connectivity index (χ3v) is 4.30. The average molecular weight is 284 g/mol. The third-order valence-electron chi connectivity index (χ3n) is 2.79. The highest BCUT2D eigenvalue weighted by Crippen LogP contribution is 2.15. The fraction of sp³-hybridized carbons (Fsp3) is 0.538. The van der Waals surface area contributed by atoms with Crippen LogP contribution in [0.5, 0.6) is 0 Å². The molecule has 0 aromatic heterocycles. The Morgan fingerprint density at radius 2 is 1.95 bits per heavy atom. The van der Waals surface area contributed by atoms with Crippen LogP contribution in [-0.4, -0.2) is 27.5 Å². The lowest BCUT2D eigenvalue weighted by atomic mass is 10.2. The van der Waals surface area contributed by atoms with E-state index in [2.05, 4.69) is 12.2 Å². The van der Waals surface area contributed by atoms with Crippen molar-refractivity contribution in [3.8, 4) is 0 Å². The van der Waals surface area contributed by atoms with Crippen molar-refractivity contribution in [1.82, 2.24) is 5.32 Å². The molecule has 19 heavy (non-hydrogen) atoms. The molecule has 1 rings (SSSR count). The molecule has 0 spiro atoms. The fourth-order valence-corrected chi connectivity index (χ4v) is 3.16. The van der Waals surface area contributed by atoms with Crippen LogP contribution in [0.15, 0.2) is 29.2 Å². The highest BCUT2D eigenvalue weighted by molar-refractivity contribution is 7.85. The van der Waals surface area contributed by atoms with Crippen LogP contribution >= 0.6 is 0 Å². The smallest absolute Gasteiger partial charge is 0.269 e. The summed E-state index contributed by atoms with van der Waals surface area (Å²) in [6.07, 6.45) is 2.02. The number of nitrogens with one attached hydrogen (secondary N) is 1. The Morgan fingerprint density at radius 1 is 1.32 bits per heavy atom. The van der Waals surface area contributed by atoms with Crippen molar-refractivity contribution >= 4 is 16.5 Å². The van der Waals surface area contributed by atoms with E-state index in [-0.39, 0.29) is 11.7 Å². The Morgan fingerprint density at radius 3 is 2.42 bits per heavy atom. The summed E-state index contributed by atoms with van der Waals surface area (Å²) >= 11 is 0. The second-order valence-electron chi connectivity index (χ2n) is 4.31. The van der Waals surface area contributed by atoms with E-state index in [9.17, 15) is 14.3 Å². The molecule has 0 aliphatic heterocycles. The van der Waals surface area contributed by atoms with E-state index in [1.54, 1.807) is 12.1 Å². The van der Waals surface area contributed by atoms with Crippen molar-refractivity contribution in [2.24, 2.45) is 0 Å². The predicted octanol–water partition coefficient (Wildman–Crippen LogP) is 2.48. The minimum atomic E-state index is -1.12. The zero-order chi connectivity index (χ0) is 14.3. The summed E-state index contributed by atoms with van der Waals surface area (Å²) in [6.45, 7) is 4.97. The normalized spacial score (nSPS) is 14.0. The second kappa shape index (κ2) is 8.01. The molecule has 0 aliphatic rings. The molecule has 0 heterocycles. The zero-order valence-electron chi connectivity index (χ0n) is 11.3. The maximum absolute atomic E-state index is 12.2. The molecule has 0 amide bonds. The van der Waals surface area contributed by atoms with Gasteiger partial charge in [0.25, 0.3) is 5.69 Å². The van der Waals surface area contributed by atoms with Crippen LogP contribution in [0.2, 0.25) is 0 Å². The highest BCUT2D eigenvalue weighted by Gasteiger charge is 2.13. The molecule has 2 atom stereocenters. The number of rotatable bonds is 8. The SMILES string of the molecule is CCCC(CS(=O)c1ccc([N+](=O)[O-])cc1)NCC. The summed E-state index contributed by atoms with van der Waals surface area (Å²) in [5, 5.41) is 13.9.